The van der Waals surface area contributed by atoms with E-state index in [1.54, 1.807) is 12.1 Å². The molecule has 0 aliphatic carbocycles. The topological polar surface area (TPSA) is 26.3 Å². The van der Waals surface area contributed by atoms with E-state index in [0.29, 0.717) is 16.7 Å². The summed E-state index contributed by atoms with van der Waals surface area (Å²) in [5.74, 6) is 0.908. The molecule has 5 heteroatoms. The van der Waals surface area contributed by atoms with Gasteiger partial charge in [0.15, 0.2) is 0 Å². The van der Waals surface area contributed by atoms with E-state index >= 15 is 0 Å². The molecule has 0 unspecified atom stereocenters. The number of Topliss-reactive ketones (excluding diaryl/α,β-unsaturated/α-hetero) is 1. The average molecular weight is 441 g/mol. The molecule has 1 aliphatic rings. The number of carbonyl (C=O) groups excluding carboxylic acids is 1. The standard InChI is InChI=1S/C24H18Cl2O2S/c1-14-9-16(11-22-23(27)19-5-3-4-6-21(19)29-22)10-15(2)24(14)28-13-17-7-8-18(25)12-20(17)26/h3-12H,13H2,1-2H3/b22-11-. The van der Waals surface area contributed by atoms with Gasteiger partial charge in [-0.2, -0.15) is 0 Å². The lowest BCUT2D eigenvalue weighted by molar-refractivity contribution is 0.104. The minimum atomic E-state index is 0.0820. The fourth-order valence-corrected chi connectivity index (χ4v) is 4.89. The van der Waals surface area contributed by atoms with Crippen molar-refractivity contribution < 1.29 is 9.53 Å². The normalized spacial score (nSPS) is 14.3. The van der Waals surface area contributed by atoms with Crippen LogP contribution in [0.2, 0.25) is 10.0 Å². The highest BCUT2D eigenvalue weighted by atomic mass is 35.5. The second kappa shape index (κ2) is 8.27. The Bertz CT molecular complexity index is 1130. The number of allylic oxidation sites excluding steroid dienone is 1. The molecule has 0 fully saturated rings. The molecule has 0 saturated carbocycles. The van der Waals surface area contributed by atoms with Gasteiger partial charge in [-0.3, -0.25) is 4.79 Å². The van der Waals surface area contributed by atoms with Gasteiger partial charge in [-0.05, 0) is 73.0 Å². The van der Waals surface area contributed by atoms with Gasteiger partial charge in [0.1, 0.15) is 12.4 Å². The third-order valence-corrected chi connectivity index (χ3v) is 6.43. The predicted octanol–water partition coefficient (Wildman–Crippen LogP) is 7.52. The van der Waals surface area contributed by atoms with Gasteiger partial charge in [0, 0.05) is 26.1 Å². The third kappa shape index (κ3) is 4.23. The Morgan fingerprint density at radius 3 is 2.41 bits per heavy atom. The zero-order valence-corrected chi connectivity index (χ0v) is 18.3. The van der Waals surface area contributed by atoms with Crippen LogP contribution in [0, 0.1) is 13.8 Å². The molecular formula is C24H18Cl2O2S. The first-order chi connectivity index (χ1) is 13.9. The lowest BCUT2D eigenvalue weighted by Gasteiger charge is -2.14. The molecule has 0 N–H and O–H groups in total. The maximum absolute atomic E-state index is 12.6. The number of ether oxygens (including phenoxy) is 1. The van der Waals surface area contributed by atoms with E-state index in [2.05, 4.69) is 0 Å². The number of fused-ring (bicyclic) bond motifs is 1. The SMILES string of the molecule is Cc1cc(/C=C2\Sc3ccccc3C2=O)cc(C)c1OCc1ccc(Cl)cc1Cl. The molecule has 1 aliphatic heterocycles. The molecule has 0 aromatic heterocycles. The predicted molar refractivity (Wildman–Crippen MR) is 121 cm³/mol. The molecule has 0 spiro atoms. The van der Waals surface area contributed by atoms with E-state index < -0.39 is 0 Å². The average Bonchev–Trinajstić information content (AvgIpc) is 2.98. The Morgan fingerprint density at radius 1 is 1.00 bits per heavy atom. The zero-order valence-electron chi connectivity index (χ0n) is 16.0. The molecule has 0 bridgehead atoms. The molecule has 1 heterocycles. The molecule has 0 saturated heterocycles. The molecule has 0 amide bonds. The second-order valence-corrected chi connectivity index (χ2v) is 8.87. The quantitative estimate of drug-likeness (QED) is 0.392. The number of hydrogen-bond donors (Lipinski definition) is 0. The summed E-state index contributed by atoms with van der Waals surface area (Å²) in [6.45, 7) is 4.38. The van der Waals surface area contributed by atoms with Crippen molar-refractivity contribution in [1.29, 1.82) is 0 Å². The van der Waals surface area contributed by atoms with E-state index in [9.17, 15) is 4.79 Å². The highest BCUT2D eigenvalue weighted by molar-refractivity contribution is 8.04. The summed E-state index contributed by atoms with van der Waals surface area (Å²) >= 11 is 13.7. The highest BCUT2D eigenvalue weighted by Gasteiger charge is 2.25. The van der Waals surface area contributed by atoms with Gasteiger partial charge in [-0.1, -0.05) is 53.2 Å². The van der Waals surface area contributed by atoms with Crippen molar-refractivity contribution in [2.75, 3.05) is 0 Å². The fourth-order valence-electron chi connectivity index (χ4n) is 3.37. The van der Waals surface area contributed by atoms with Crippen LogP contribution in [0.25, 0.3) is 6.08 Å². The van der Waals surface area contributed by atoms with Gasteiger partial charge in [0.25, 0.3) is 0 Å². The highest BCUT2D eigenvalue weighted by Crippen LogP contribution is 2.41. The summed E-state index contributed by atoms with van der Waals surface area (Å²) in [6, 6.07) is 17.2. The van der Waals surface area contributed by atoms with Crippen molar-refractivity contribution in [3.8, 4) is 5.75 Å². The Balaban J connectivity index is 1.56. The Hall–Kier alpha value is -2.20. The summed E-state index contributed by atoms with van der Waals surface area (Å²) in [5, 5.41) is 1.19. The number of thioether (sulfide) groups is 1. The number of hydrogen-bond acceptors (Lipinski definition) is 3. The number of ketones is 1. The van der Waals surface area contributed by atoms with Gasteiger partial charge < -0.3 is 4.74 Å². The largest absolute Gasteiger partial charge is 0.488 e. The Labute approximate surface area is 184 Å². The van der Waals surface area contributed by atoms with E-state index in [0.717, 1.165) is 43.4 Å². The second-order valence-electron chi connectivity index (χ2n) is 6.94. The van der Waals surface area contributed by atoms with Crippen molar-refractivity contribution in [3.63, 3.8) is 0 Å². The minimum Gasteiger partial charge on any atom is -0.488 e. The van der Waals surface area contributed by atoms with E-state index in [4.69, 9.17) is 27.9 Å². The molecule has 2 nitrogen and oxygen atoms in total. The monoisotopic (exact) mass is 440 g/mol. The zero-order chi connectivity index (χ0) is 20.5. The van der Waals surface area contributed by atoms with Crippen LogP contribution in [0.1, 0.15) is 32.6 Å². The maximum atomic E-state index is 12.6. The minimum absolute atomic E-state index is 0.0820. The summed E-state index contributed by atoms with van der Waals surface area (Å²) in [7, 11) is 0. The van der Waals surface area contributed by atoms with Gasteiger partial charge in [-0.15, -0.1) is 0 Å². The van der Waals surface area contributed by atoms with Crippen molar-refractivity contribution >= 4 is 46.8 Å². The van der Waals surface area contributed by atoms with Crippen LogP contribution in [0.3, 0.4) is 0 Å². The maximum Gasteiger partial charge on any atom is 0.200 e. The molecule has 4 rings (SSSR count). The van der Waals surface area contributed by atoms with E-state index in [-0.39, 0.29) is 5.78 Å². The van der Waals surface area contributed by atoms with Crippen LogP contribution in [-0.2, 0) is 6.61 Å². The Morgan fingerprint density at radius 2 is 1.72 bits per heavy atom. The van der Waals surface area contributed by atoms with Crippen LogP contribution >= 0.6 is 35.0 Å². The van der Waals surface area contributed by atoms with Crippen molar-refractivity contribution in [2.24, 2.45) is 0 Å². The van der Waals surface area contributed by atoms with Crippen LogP contribution in [0.4, 0.5) is 0 Å². The number of carbonyl (C=O) groups is 1. The number of halogens is 2. The molecule has 29 heavy (non-hydrogen) atoms. The van der Waals surface area contributed by atoms with Crippen LogP contribution < -0.4 is 4.74 Å². The first kappa shape index (κ1) is 20.1. The molecule has 0 atom stereocenters. The summed E-state index contributed by atoms with van der Waals surface area (Å²) in [5.41, 5.74) is 4.66. The first-order valence-electron chi connectivity index (χ1n) is 9.13. The van der Waals surface area contributed by atoms with Crippen LogP contribution in [0.5, 0.6) is 5.75 Å². The first-order valence-corrected chi connectivity index (χ1v) is 10.7. The van der Waals surface area contributed by atoms with E-state index in [1.165, 1.54) is 11.8 Å². The third-order valence-electron chi connectivity index (χ3n) is 4.74. The van der Waals surface area contributed by atoms with Gasteiger partial charge >= 0.3 is 0 Å². The summed E-state index contributed by atoms with van der Waals surface area (Å²) < 4.78 is 6.05. The van der Waals surface area contributed by atoms with Crippen molar-refractivity contribution in [1.82, 2.24) is 0 Å². The van der Waals surface area contributed by atoms with Crippen LogP contribution in [0.15, 0.2) is 64.4 Å². The lowest BCUT2D eigenvalue weighted by atomic mass is 10.0. The molecular weight excluding hydrogens is 423 g/mol. The van der Waals surface area contributed by atoms with Gasteiger partial charge in [-0.25, -0.2) is 0 Å². The van der Waals surface area contributed by atoms with E-state index in [1.807, 2.05) is 62.4 Å². The molecule has 3 aromatic rings. The van der Waals surface area contributed by atoms with Gasteiger partial charge in [0.2, 0.25) is 5.78 Å². The number of rotatable bonds is 4. The van der Waals surface area contributed by atoms with Crippen molar-refractivity contribution in [3.05, 3.63) is 97.4 Å². The number of aryl methyl sites for hydroxylation is 2. The smallest absolute Gasteiger partial charge is 0.200 e. The Kier molecular flexibility index (Phi) is 5.73. The fraction of sp³-hybridized carbons (Fsp3) is 0.125. The molecule has 146 valence electrons. The number of benzene rings is 3. The molecule has 3 aromatic carbocycles. The molecule has 0 radical (unpaired) electrons. The summed E-state index contributed by atoms with van der Waals surface area (Å²) in [6.07, 6.45) is 1.95. The lowest BCUT2D eigenvalue weighted by Crippen LogP contribution is -2.00. The van der Waals surface area contributed by atoms with Gasteiger partial charge in [0.05, 0.1) is 4.91 Å². The van der Waals surface area contributed by atoms with Crippen LogP contribution in [-0.4, -0.2) is 5.78 Å². The van der Waals surface area contributed by atoms with Crippen molar-refractivity contribution in [2.45, 2.75) is 25.3 Å². The summed E-state index contributed by atoms with van der Waals surface area (Å²) in [4.78, 5) is 14.4.